The lowest BCUT2D eigenvalue weighted by Gasteiger charge is -1.70. The van der Waals surface area contributed by atoms with Crippen LogP contribution in [-0.4, -0.2) is 6.54 Å². The van der Waals surface area contributed by atoms with Crippen LogP contribution in [0.25, 0.3) is 0 Å². The van der Waals surface area contributed by atoms with Crippen LogP contribution in [-0.2, 0) is 0 Å². The van der Waals surface area contributed by atoms with Gasteiger partial charge in [-0.05, 0) is 13.0 Å². The van der Waals surface area contributed by atoms with Crippen molar-refractivity contribution in [1.29, 1.82) is 0 Å². The van der Waals surface area contributed by atoms with Gasteiger partial charge in [-0.15, -0.1) is 0 Å². The molecule has 0 heterocycles. The zero-order valence-corrected chi connectivity index (χ0v) is 8.99. The van der Waals surface area contributed by atoms with Crippen molar-refractivity contribution >= 4 is 0 Å². The van der Waals surface area contributed by atoms with E-state index in [0.29, 0.717) is 0 Å². The number of hydrogen-bond acceptors (Lipinski definition) is 1. The van der Waals surface area contributed by atoms with Crippen LogP contribution in [0.15, 0.2) is 0 Å². The van der Waals surface area contributed by atoms with Gasteiger partial charge in [-0.3, -0.25) is 0 Å². The summed E-state index contributed by atoms with van der Waals surface area (Å²) < 4.78 is 0. The molecule has 0 bridgehead atoms. The van der Waals surface area contributed by atoms with Crippen molar-refractivity contribution in [1.82, 2.24) is 0 Å². The third kappa shape index (κ3) is 418. The van der Waals surface area contributed by atoms with E-state index in [2.05, 4.69) is 6.92 Å². The molecule has 0 fully saturated rings. The number of hydrogen-bond donors (Lipinski definition) is 1. The maximum absolute atomic E-state index is 5.03. The molecule has 1 nitrogen and oxygen atoms in total. The zero-order chi connectivity index (χ0) is 9.41. The van der Waals surface area contributed by atoms with Crippen molar-refractivity contribution in [2.75, 3.05) is 6.54 Å². The molecule has 0 saturated carbocycles. The summed E-state index contributed by atoms with van der Waals surface area (Å²) in [6, 6.07) is 0. The van der Waals surface area contributed by atoms with Crippen molar-refractivity contribution in [3.05, 3.63) is 0 Å². The van der Waals surface area contributed by atoms with Crippen molar-refractivity contribution in [3.63, 3.8) is 0 Å². The summed E-state index contributed by atoms with van der Waals surface area (Å²) in [5.41, 5.74) is 5.03. The Morgan fingerprint density at radius 3 is 0.900 bits per heavy atom. The highest BCUT2D eigenvalue weighted by Crippen LogP contribution is 1.57. The fourth-order valence-corrected chi connectivity index (χ4v) is 0. The van der Waals surface area contributed by atoms with Crippen LogP contribution in [0.2, 0.25) is 0 Å². The molecule has 0 spiro atoms. The Kier molecular flexibility index (Phi) is 333. The molecule has 2 N–H and O–H groups in total. The molecular weight excluding hydrogens is 122 g/mol. The molecule has 0 atom stereocenters. The molecule has 0 unspecified atom stereocenters. The molecule has 0 amide bonds. The maximum Gasteiger partial charge on any atom is -0.00799 e. The Balaban J connectivity index is -0.0000000262. The summed E-state index contributed by atoms with van der Waals surface area (Å²) >= 11 is 0. The molecule has 0 aliphatic heterocycles. The summed E-state index contributed by atoms with van der Waals surface area (Å²) in [5.74, 6) is 0. The molecule has 10 heavy (non-hydrogen) atoms. The minimum absolute atomic E-state index is 0.819. The van der Waals surface area contributed by atoms with E-state index in [-0.39, 0.29) is 0 Å². The molecule has 0 aromatic rings. The first-order chi connectivity index (χ1) is 4.91. The van der Waals surface area contributed by atoms with E-state index in [1.54, 1.807) is 0 Å². The van der Waals surface area contributed by atoms with Crippen LogP contribution in [0.3, 0.4) is 0 Å². The van der Waals surface area contributed by atoms with Crippen LogP contribution >= 0.6 is 0 Å². The largest absolute Gasteiger partial charge is 0.330 e. The van der Waals surface area contributed by atoms with Crippen molar-refractivity contribution in [3.8, 4) is 0 Å². The van der Waals surface area contributed by atoms with Gasteiger partial charge in [0.15, 0.2) is 0 Å². The van der Waals surface area contributed by atoms with Gasteiger partial charge in [-0.1, -0.05) is 48.5 Å². The minimum Gasteiger partial charge on any atom is -0.330 e. The normalized spacial score (nSPS) is 4.80. The van der Waals surface area contributed by atoms with Gasteiger partial charge in [0.25, 0.3) is 0 Å². The Morgan fingerprint density at radius 2 is 0.900 bits per heavy atom. The van der Waals surface area contributed by atoms with Gasteiger partial charge >= 0.3 is 0 Å². The smallest absolute Gasteiger partial charge is 0.00799 e. The van der Waals surface area contributed by atoms with Crippen LogP contribution in [0.4, 0.5) is 0 Å². The quantitative estimate of drug-likeness (QED) is 0.607. The molecule has 0 aliphatic carbocycles. The fourth-order valence-electron chi connectivity index (χ4n) is 0. The first kappa shape index (κ1) is 22.5. The highest BCUT2D eigenvalue weighted by molar-refractivity contribution is 4.19. The van der Waals surface area contributed by atoms with Crippen molar-refractivity contribution in [2.24, 2.45) is 5.73 Å². The average Bonchev–Trinajstić information content (AvgIpc) is 2.14. The molecule has 0 radical (unpaired) electrons. The highest BCUT2D eigenvalue weighted by Gasteiger charge is 1.55. The van der Waals surface area contributed by atoms with Gasteiger partial charge in [0.2, 0.25) is 0 Å². The van der Waals surface area contributed by atoms with Gasteiger partial charge in [-0.2, -0.15) is 0 Å². The molecule has 0 rings (SSSR count). The molecule has 0 aliphatic rings. The van der Waals surface area contributed by atoms with Gasteiger partial charge in [0.1, 0.15) is 0 Å². The monoisotopic (exact) mass is 149 g/mol. The van der Waals surface area contributed by atoms with Crippen molar-refractivity contribution in [2.45, 2.75) is 54.9 Å². The van der Waals surface area contributed by atoms with E-state index in [0.717, 1.165) is 13.0 Å². The van der Waals surface area contributed by atoms with E-state index < -0.39 is 0 Å². The number of nitrogens with two attached hydrogens (primary N) is 1. The van der Waals surface area contributed by atoms with Crippen molar-refractivity contribution < 1.29 is 0 Å². The van der Waals surface area contributed by atoms with Crippen LogP contribution in [0.5, 0.6) is 0 Å². The van der Waals surface area contributed by atoms with E-state index in [1.807, 2.05) is 41.5 Å². The molecule has 0 saturated heterocycles. The fraction of sp³-hybridized carbons (Fsp3) is 1.00. The lowest BCUT2D eigenvalue weighted by Crippen LogP contribution is -1.93. The predicted octanol–water partition coefficient (Wildman–Crippen LogP) is 3.43. The first-order valence-corrected chi connectivity index (χ1v) is 4.62. The van der Waals surface area contributed by atoms with E-state index in [1.165, 1.54) is 0 Å². The predicted molar refractivity (Wildman–Crippen MR) is 53.4 cm³/mol. The van der Waals surface area contributed by atoms with Crippen LogP contribution in [0, 0.1) is 0 Å². The topological polar surface area (TPSA) is 26.0 Å². The summed E-state index contributed by atoms with van der Waals surface area (Å²) in [4.78, 5) is 0. The standard InChI is InChI=1S/C3H9N.3C2H6/c1-2-3-4;3*1-2/h2-4H2,1H3;3*1-2H3. The summed E-state index contributed by atoms with van der Waals surface area (Å²) in [5, 5.41) is 0. The van der Waals surface area contributed by atoms with Gasteiger partial charge in [-0.25, -0.2) is 0 Å². The van der Waals surface area contributed by atoms with Crippen LogP contribution < -0.4 is 5.73 Å². The third-order valence-electron chi connectivity index (χ3n) is 0.289. The Hall–Kier alpha value is -0.0400. The maximum atomic E-state index is 5.03. The molecule has 1 heteroatoms. The van der Waals surface area contributed by atoms with Gasteiger partial charge < -0.3 is 5.73 Å². The molecule has 68 valence electrons. The zero-order valence-electron chi connectivity index (χ0n) is 8.99. The van der Waals surface area contributed by atoms with Gasteiger partial charge in [0, 0.05) is 0 Å². The lowest BCUT2D eigenvalue weighted by atomic mass is 10.5. The molecule has 0 aromatic carbocycles. The Bertz CT molecular complexity index is 6.69. The first-order valence-electron chi connectivity index (χ1n) is 4.62. The Labute approximate surface area is 68.0 Å². The second kappa shape index (κ2) is 148. The van der Waals surface area contributed by atoms with Crippen LogP contribution in [0.1, 0.15) is 54.9 Å². The van der Waals surface area contributed by atoms with E-state index in [4.69, 9.17) is 5.73 Å². The van der Waals surface area contributed by atoms with E-state index in [9.17, 15) is 0 Å². The average molecular weight is 149 g/mol. The highest BCUT2D eigenvalue weighted by atomic mass is 14.5. The van der Waals surface area contributed by atoms with E-state index >= 15 is 0 Å². The lowest BCUT2D eigenvalue weighted by molar-refractivity contribution is 0.932. The minimum atomic E-state index is 0.819. The Morgan fingerprint density at radius 1 is 0.800 bits per heavy atom. The summed E-state index contributed by atoms with van der Waals surface area (Å²) in [6.45, 7) is 14.9. The molecule has 0 aromatic heterocycles. The van der Waals surface area contributed by atoms with Gasteiger partial charge in [0.05, 0.1) is 0 Å². The second-order valence-electron chi connectivity index (χ2n) is 0.789. The summed E-state index contributed by atoms with van der Waals surface area (Å²) in [7, 11) is 0. The third-order valence-corrected chi connectivity index (χ3v) is 0.289. The SMILES string of the molecule is CC.CC.CC.CCCN. The summed E-state index contributed by atoms with van der Waals surface area (Å²) in [6.07, 6.45) is 1.10. The molecular formula is C9H27N. The number of rotatable bonds is 1. The second-order valence-corrected chi connectivity index (χ2v) is 0.789.